The lowest BCUT2D eigenvalue weighted by Crippen LogP contribution is -2.16. The number of aryl methyl sites for hydroxylation is 2. The molecule has 4 nitrogen and oxygen atoms in total. The van der Waals surface area contributed by atoms with E-state index in [1.54, 1.807) is 30.3 Å². The number of nitro benzene ring substituents is 1. The predicted octanol–water partition coefficient (Wildman–Crippen LogP) is 10.1. The zero-order valence-electron chi connectivity index (χ0n) is 31.8. The summed E-state index contributed by atoms with van der Waals surface area (Å²) < 4.78 is 68.1. The van der Waals surface area contributed by atoms with Crippen molar-refractivity contribution in [3.8, 4) is 22.3 Å². The fourth-order valence-electron chi connectivity index (χ4n) is 4.81. The van der Waals surface area contributed by atoms with Crippen LogP contribution in [0.2, 0.25) is 0 Å². The van der Waals surface area contributed by atoms with Gasteiger partial charge in [0.1, 0.15) is 5.69 Å². The molecule has 0 aromatic heterocycles. The second kappa shape index (κ2) is 10.6. The topological polar surface area (TPSA) is 55.2 Å². The summed E-state index contributed by atoms with van der Waals surface area (Å²) in [4.78, 5) is 11.6. The van der Waals surface area contributed by atoms with E-state index < -0.39 is 30.4 Å². The second-order valence-electron chi connectivity index (χ2n) is 12.2. The minimum Gasteiger partial charge on any atom is -0.349 e. The van der Waals surface area contributed by atoms with E-state index in [1.165, 1.54) is 18.2 Å². The van der Waals surface area contributed by atoms with Crippen molar-refractivity contribution in [2.24, 2.45) is 0 Å². The minimum atomic E-state index is -3.21. The van der Waals surface area contributed by atoms with Gasteiger partial charge >= 0.3 is 0 Å². The van der Waals surface area contributed by atoms with Gasteiger partial charge in [-0.15, -0.1) is 0 Å². The van der Waals surface area contributed by atoms with Gasteiger partial charge in [-0.25, -0.2) is 0 Å². The molecule has 1 aliphatic carbocycles. The van der Waals surface area contributed by atoms with Crippen LogP contribution < -0.4 is 5.32 Å². The fourth-order valence-corrected chi connectivity index (χ4v) is 4.81. The molecule has 4 heteroatoms. The molecule has 0 heterocycles. The summed E-state index contributed by atoms with van der Waals surface area (Å²) in [5.74, 6) is 0. The minimum absolute atomic E-state index is 0.150. The van der Waals surface area contributed by atoms with Gasteiger partial charge in [-0.05, 0) is 75.8 Å². The maximum absolute atomic E-state index is 12.1. The molecule has 0 aliphatic heterocycles. The third-order valence-electron chi connectivity index (χ3n) is 7.19. The third kappa shape index (κ3) is 5.67. The molecule has 5 rings (SSSR count). The van der Waals surface area contributed by atoms with Crippen molar-refractivity contribution >= 4 is 17.1 Å². The standard InChI is InChI=1S/C36H40N2O2/c1-35(2,3)28-21-27(22-29(23-28)36(4,5)6)31-15-11-14-30(26-19-18-24-12-7-8-13-25(24)20-26)34(31)37-32-16-9-10-17-33(32)38(39)40/h9-11,14-23,37H,7-8,12-13H2,1-6H3/i7D2,8D2,12D2,13D2. The van der Waals surface area contributed by atoms with Crippen molar-refractivity contribution in [1.82, 2.24) is 0 Å². The molecule has 0 bridgehead atoms. The average molecular weight is 541 g/mol. The molecule has 0 spiro atoms. The SMILES string of the molecule is [2H]C1([2H])c2ccc(-c3cccc(-c4cc(C(C)(C)C)cc(C(C)(C)C)c4)c3Nc3ccccc3[N+](=O)[O-])cc2C([2H])([2H])C([2H])([2H])C1([2H])[2H]. The first-order chi connectivity index (χ1) is 21.9. The van der Waals surface area contributed by atoms with Crippen molar-refractivity contribution in [2.75, 3.05) is 5.32 Å². The van der Waals surface area contributed by atoms with Crippen molar-refractivity contribution in [1.29, 1.82) is 0 Å². The summed E-state index contributed by atoms with van der Waals surface area (Å²) in [5, 5.41) is 15.4. The van der Waals surface area contributed by atoms with Crippen LogP contribution in [0.15, 0.2) is 78.9 Å². The zero-order valence-corrected chi connectivity index (χ0v) is 23.8. The van der Waals surface area contributed by atoms with Gasteiger partial charge in [0.05, 0.1) is 10.6 Å². The average Bonchev–Trinajstić information content (AvgIpc) is 2.99. The molecule has 4 aromatic carbocycles. The maximum atomic E-state index is 12.1. The van der Waals surface area contributed by atoms with Crippen LogP contribution in [-0.4, -0.2) is 4.92 Å². The molecule has 0 unspecified atom stereocenters. The smallest absolute Gasteiger partial charge is 0.292 e. The number of nitrogens with zero attached hydrogens (tertiary/aromatic N) is 1. The molecule has 4 aromatic rings. The van der Waals surface area contributed by atoms with Crippen molar-refractivity contribution in [2.45, 2.75) is 77.9 Å². The number of hydrogen-bond donors (Lipinski definition) is 1. The normalized spacial score (nSPS) is 21.6. The van der Waals surface area contributed by atoms with E-state index in [2.05, 4.69) is 65.1 Å². The van der Waals surface area contributed by atoms with E-state index in [4.69, 9.17) is 11.0 Å². The Morgan fingerprint density at radius 2 is 1.32 bits per heavy atom. The van der Waals surface area contributed by atoms with Crippen LogP contribution >= 0.6 is 0 Å². The van der Waals surface area contributed by atoms with Crippen LogP contribution in [0.25, 0.3) is 22.3 Å². The Kier molecular flexibility index (Phi) is 5.08. The predicted molar refractivity (Wildman–Crippen MR) is 168 cm³/mol. The van der Waals surface area contributed by atoms with Crippen LogP contribution in [0.3, 0.4) is 0 Å². The molecular weight excluding hydrogens is 492 g/mol. The van der Waals surface area contributed by atoms with Crippen LogP contribution in [-0.2, 0) is 23.6 Å². The van der Waals surface area contributed by atoms with Crippen LogP contribution in [0, 0.1) is 10.1 Å². The van der Waals surface area contributed by atoms with E-state index >= 15 is 0 Å². The van der Waals surface area contributed by atoms with Crippen LogP contribution in [0.1, 0.15) is 87.5 Å². The maximum Gasteiger partial charge on any atom is 0.292 e. The molecule has 1 N–H and O–H groups in total. The van der Waals surface area contributed by atoms with Crippen LogP contribution in [0.4, 0.5) is 17.1 Å². The number of para-hydroxylation sites is 3. The van der Waals surface area contributed by atoms with Gasteiger partial charge in [-0.3, -0.25) is 10.1 Å². The second-order valence-corrected chi connectivity index (χ2v) is 12.2. The Balaban J connectivity index is 1.84. The van der Waals surface area contributed by atoms with Gasteiger partial charge in [-0.2, -0.15) is 0 Å². The zero-order chi connectivity index (χ0) is 35.8. The number of anilines is 2. The number of fused-ring (bicyclic) bond motifs is 1. The lowest BCUT2D eigenvalue weighted by molar-refractivity contribution is -0.383. The van der Waals surface area contributed by atoms with Crippen molar-refractivity contribution in [3.63, 3.8) is 0 Å². The molecule has 0 fully saturated rings. The third-order valence-corrected chi connectivity index (χ3v) is 7.19. The Morgan fingerprint density at radius 1 is 0.725 bits per heavy atom. The summed E-state index contributed by atoms with van der Waals surface area (Å²) in [5.41, 5.74) is 4.25. The van der Waals surface area contributed by atoms with Crippen molar-refractivity contribution < 1.29 is 15.9 Å². The number of nitro groups is 1. The van der Waals surface area contributed by atoms with E-state index in [0.29, 0.717) is 22.4 Å². The first-order valence-corrected chi connectivity index (χ1v) is 13.4. The highest BCUT2D eigenvalue weighted by Crippen LogP contribution is 2.43. The van der Waals surface area contributed by atoms with E-state index in [-0.39, 0.29) is 33.3 Å². The first-order valence-electron chi connectivity index (χ1n) is 17.4. The highest BCUT2D eigenvalue weighted by atomic mass is 16.6. The van der Waals surface area contributed by atoms with Gasteiger partial charge in [0.2, 0.25) is 0 Å². The largest absolute Gasteiger partial charge is 0.349 e. The molecule has 0 atom stereocenters. The number of benzene rings is 4. The molecule has 0 radical (unpaired) electrons. The van der Waals surface area contributed by atoms with Crippen molar-refractivity contribution in [3.05, 3.63) is 111 Å². The van der Waals surface area contributed by atoms with Gasteiger partial charge < -0.3 is 5.32 Å². The summed E-state index contributed by atoms with van der Waals surface area (Å²) in [6.07, 6.45) is -12.1. The molecule has 1 aliphatic rings. The van der Waals surface area contributed by atoms with E-state index in [1.807, 2.05) is 12.1 Å². The Hall–Kier alpha value is -3.92. The Bertz CT molecular complexity index is 1890. The number of nitrogens with one attached hydrogen (secondary N) is 1. The number of hydrogen-bond acceptors (Lipinski definition) is 3. The quantitative estimate of drug-likeness (QED) is 0.202. The molecule has 0 amide bonds. The summed E-state index contributed by atoms with van der Waals surface area (Å²) in [7, 11) is 0. The van der Waals surface area contributed by atoms with Crippen LogP contribution in [0.5, 0.6) is 0 Å². The highest BCUT2D eigenvalue weighted by molar-refractivity contribution is 5.94. The molecule has 40 heavy (non-hydrogen) atoms. The molecule has 206 valence electrons. The Labute approximate surface area is 249 Å². The highest BCUT2D eigenvalue weighted by Gasteiger charge is 2.24. The van der Waals surface area contributed by atoms with Gasteiger partial charge in [0, 0.05) is 28.2 Å². The Morgan fingerprint density at radius 3 is 1.95 bits per heavy atom. The van der Waals surface area contributed by atoms with E-state index in [0.717, 1.165) is 16.7 Å². The lowest BCUT2D eigenvalue weighted by atomic mass is 9.78. The molecular formula is C36H40N2O2. The van der Waals surface area contributed by atoms with Gasteiger partial charge in [0.15, 0.2) is 0 Å². The molecule has 0 saturated heterocycles. The molecule has 0 saturated carbocycles. The van der Waals surface area contributed by atoms with E-state index in [9.17, 15) is 10.1 Å². The lowest BCUT2D eigenvalue weighted by Gasteiger charge is -2.27. The monoisotopic (exact) mass is 540 g/mol. The first kappa shape index (κ1) is 19.2. The number of rotatable bonds is 5. The van der Waals surface area contributed by atoms with Gasteiger partial charge in [-0.1, -0.05) is 108 Å². The summed E-state index contributed by atoms with van der Waals surface area (Å²) in [6, 6.07) is 22.4. The summed E-state index contributed by atoms with van der Waals surface area (Å²) in [6.45, 7) is 12.8. The van der Waals surface area contributed by atoms with Gasteiger partial charge in [0.25, 0.3) is 5.69 Å². The fraction of sp³-hybridized carbons (Fsp3) is 0.333. The summed E-state index contributed by atoms with van der Waals surface area (Å²) >= 11 is 0.